The predicted octanol–water partition coefficient (Wildman–Crippen LogP) is 1.59. The van der Waals surface area contributed by atoms with Crippen LogP contribution in [0.1, 0.15) is 51.9 Å². The minimum Gasteiger partial charge on any atom is -0.341 e. The molecule has 1 unspecified atom stereocenters. The van der Waals surface area contributed by atoms with Crippen LogP contribution in [0.25, 0.3) is 0 Å². The van der Waals surface area contributed by atoms with Gasteiger partial charge in [0.25, 0.3) is 0 Å². The third kappa shape index (κ3) is 3.93. The van der Waals surface area contributed by atoms with Crippen LogP contribution in [0.15, 0.2) is 0 Å². The highest BCUT2D eigenvalue weighted by Crippen LogP contribution is 2.21. The lowest BCUT2D eigenvalue weighted by molar-refractivity contribution is -0.134. The Bertz CT molecular complexity index is 281. The minimum absolute atomic E-state index is 0.166. The van der Waals surface area contributed by atoms with Gasteiger partial charge in [-0.3, -0.25) is 4.79 Å². The van der Waals surface area contributed by atoms with E-state index in [9.17, 15) is 4.79 Å². The average molecular weight is 267 g/mol. The zero-order valence-electron chi connectivity index (χ0n) is 12.3. The van der Waals surface area contributed by atoms with Crippen LogP contribution in [0, 0.1) is 0 Å². The zero-order valence-corrected chi connectivity index (χ0v) is 12.3. The van der Waals surface area contributed by atoms with Gasteiger partial charge in [-0.05, 0) is 45.2 Å². The summed E-state index contributed by atoms with van der Waals surface area (Å²) in [6.07, 6.45) is 8.14. The number of amides is 1. The van der Waals surface area contributed by atoms with Crippen molar-refractivity contribution in [2.45, 2.75) is 64.0 Å². The molecule has 0 aliphatic carbocycles. The molecule has 2 fully saturated rings. The van der Waals surface area contributed by atoms with Gasteiger partial charge in [-0.2, -0.15) is 0 Å². The maximum absolute atomic E-state index is 12.2. The molecule has 19 heavy (non-hydrogen) atoms. The zero-order chi connectivity index (χ0) is 13.7. The number of nitrogens with zero attached hydrogens (tertiary/aromatic N) is 2. The van der Waals surface area contributed by atoms with E-state index in [1.165, 1.54) is 32.4 Å². The van der Waals surface area contributed by atoms with Gasteiger partial charge >= 0.3 is 0 Å². The molecule has 4 heteroatoms. The summed E-state index contributed by atoms with van der Waals surface area (Å²) in [7, 11) is 0. The summed E-state index contributed by atoms with van der Waals surface area (Å²) in [4.78, 5) is 16.8. The lowest BCUT2D eigenvalue weighted by Gasteiger charge is -2.40. The van der Waals surface area contributed by atoms with Crippen molar-refractivity contribution in [3.8, 4) is 0 Å². The molecule has 0 saturated carbocycles. The Balaban J connectivity index is 1.76. The number of hydrogen-bond acceptors (Lipinski definition) is 3. The Morgan fingerprint density at radius 3 is 2.37 bits per heavy atom. The number of piperidine rings is 2. The standard InChI is InChI=1S/C15H29N3O/c1-2-6-14(16)15(19)18-11-7-13(8-12-18)17-9-4-3-5-10-17/h13-14H,2-12,16H2,1H3. The molecule has 2 aliphatic rings. The van der Waals surface area contributed by atoms with Crippen LogP contribution in [0.5, 0.6) is 0 Å². The number of carbonyl (C=O) groups excluding carboxylic acids is 1. The predicted molar refractivity (Wildman–Crippen MR) is 77.9 cm³/mol. The maximum Gasteiger partial charge on any atom is 0.239 e. The topological polar surface area (TPSA) is 49.6 Å². The van der Waals surface area contributed by atoms with Gasteiger partial charge in [-0.1, -0.05) is 19.8 Å². The molecule has 1 atom stereocenters. The van der Waals surface area contributed by atoms with Crippen LogP contribution in [0.3, 0.4) is 0 Å². The summed E-state index contributed by atoms with van der Waals surface area (Å²) >= 11 is 0. The van der Waals surface area contributed by atoms with E-state index in [1.807, 2.05) is 4.90 Å². The van der Waals surface area contributed by atoms with E-state index in [0.717, 1.165) is 38.8 Å². The molecule has 2 N–H and O–H groups in total. The van der Waals surface area contributed by atoms with Gasteiger partial charge in [-0.25, -0.2) is 0 Å². The van der Waals surface area contributed by atoms with E-state index in [1.54, 1.807) is 0 Å². The number of nitrogens with two attached hydrogens (primary N) is 1. The van der Waals surface area contributed by atoms with Gasteiger partial charge in [0.2, 0.25) is 5.91 Å². The van der Waals surface area contributed by atoms with E-state index in [-0.39, 0.29) is 11.9 Å². The molecule has 4 nitrogen and oxygen atoms in total. The molecule has 0 spiro atoms. The average Bonchev–Trinajstić information content (AvgIpc) is 2.48. The fourth-order valence-corrected chi connectivity index (χ4v) is 3.40. The maximum atomic E-state index is 12.2. The first kappa shape index (κ1) is 14.8. The van der Waals surface area contributed by atoms with Crippen molar-refractivity contribution in [1.82, 2.24) is 9.80 Å². The number of rotatable bonds is 4. The van der Waals surface area contributed by atoms with Crippen LogP contribution in [0.2, 0.25) is 0 Å². The highest BCUT2D eigenvalue weighted by Gasteiger charge is 2.29. The minimum atomic E-state index is -0.281. The summed E-state index contributed by atoms with van der Waals surface area (Å²) in [6.45, 7) is 6.40. The fourth-order valence-electron chi connectivity index (χ4n) is 3.40. The molecule has 0 aromatic heterocycles. The highest BCUT2D eigenvalue weighted by atomic mass is 16.2. The van der Waals surface area contributed by atoms with Crippen molar-refractivity contribution in [3.63, 3.8) is 0 Å². The van der Waals surface area contributed by atoms with Gasteiger partial charge < -0.3 is 15.5 Å². The van der Waals surface area contributed by atoms with Gasteiger partial charge in [0.15, 0.2) is 0 Å². The smallest absolute Gasteiger partial charge is 0.239 e. The summed E-state index contributed by atoms with van der Waals surface area (Å²) in [5, 5.41) is 0. The Labute approximate surface area is 117 Å². The van der Waals surface area contributed by atoms with Gasteiger partial charge in [0.1, 0.15) is 0 Å². The van der Waals surface area contributed by atoms with Crippen molar-refractivity contribution in [1.29, 1.82) is 0 Å². The third-order valence-electron chi connectivity index (χ3n) is 4.60. The molecular weight excluding hydrogens is 238 g/mol. The molecule has 2 saturated heterocycles. The molecule has 0 aromatic carbocycles. The fraction of sp³-hybridized carbons (Fsp3) is 0.933. The quantitative estimate of drug-likeness (QED) is 0.841. The van der Waals surface area contributed by atoms with Crippen molar-refractivity contribution in [2.75, 3.05) is 26.2 Å². The van der Waals surface area contributed by atoms with Crippen molar-refractivity contribution < 1.29 is 4.79 Å². The van der Waals surface area contributed by atoms with Crippen LogP contribution in [-0.2, 0) is 4.79 Å². The second kappa shape index (κ2) is 7.25. The van der Waals surface area contributed by atoms with Gasteiger partial charge in [-0.15, -0.1) is 0 Å². The molecule has 2 aliphatic heterocycles. The van der Waals surface area contributed by atoms with E-state index in [0.29, 0.717) is 6.04 Å². The van der Waals surface area contributed by atoms with E-state index in [2.05, 4.69) is 11.8 Å². The second-order valence-electron chi connectivity index (χ2n) is 6.05. The van der Waals surface area contributed by atoms with E-state index >= 15 is 0 Å². The SMILES string of the molecule is CCCC(N)C(=O)N1CCC(N2CCCCC2)CC1. The molecule has 0 radical (unpaired) electrons. The van der Waals surface area contributed by atoms with Crippen LogP contribution in [-0.4, -0.2) is 54.0 Å². The lowest BCUT2D eigenvalue weighted by atomic mass is 9.99. The van der Waals surface area contributed by atoms with Crippen LogP contribution >= 0.6 is 0 Å². The molecule has 0 aromatic rings. The third-order valence-corrected chi connectivity index (χ3v) is 4.60. The highest BCUT2D eigenvalue weighted by molar-refractivity contribution is 5.81. The van der Waals surface area contributed by atoms with Crippen molar-refractivity contribution in [2.24, 2.45) is 5.73 Å². The first-order valence-corrected chi connectivity index (χ1v) is 8.00. The van der Waals surface area contributed by atoms with Crippen LogP contribution < -0.4 is 5.73 Å². The normalized spacial score (nSPS) is 24.4. The number of carbonyl (C=O) groups is 1. The summed E-state index contributed by atoms with van der Waals surface area (Å²) in [5.74, 6) is 0.166. The largest absolute Gasteiger partial charge is 0.341 e. The first-order chi connectivity index (χ1) is 9.22. The van der Waals surface area contributed by atoms with Crippen molar-refractivity contribution >= 4 is 5.91 Å². The molecule has 110 valence electrons. The molecule has 2 heterocycles. The van der Waals surface area contributed by atoms with Crippen molar-refractivity contribution in [3.05, 3.63) is 0 Å². The monoisotopic (exact) mass is 267 g/mol. The molecule has 1 amide bonds. The van der Waals surface area contributed by atoms with Gasteiger partial charge in [0, 0.05) is 19.1 Å². The Morgan fingerprint density at radius 2 is 1.79 bits per heavy atom. The summed E-state index contributed by atoms with van der Waals surface area (Å²) < 4.78 is 0. The first-order valence-electron chi connectivity index (χ1n) is 8.00. The van der Waals surface area contributed by atoms with E-state index in [4.69, 9.17) is 5.73 Å². The molecule has 0 bridgehead atoms. The summed E-state index contributed by atoms with van der Waals surface area (Å²) in [5.41, 5.74) is 5.93. The Hall–Kier alpha value is -0.610. The van der Waals surface area contributed by atoms with E-state index < -0.39 is 0 Å². The number of hydrogen-bond donors (Lipinski definition) is 1. The van der Waals surface area contributed by atoms with Gasteiger partial charge in [0.05, 0.1) is 6.04 Å². The second-order valence-corrected chi connectivity index (χ2v) is 6.05. The van der Waals surface area contributed by atoms with Crippen LogP contribution in [0.4, 0.5) is 0 Å². The molecule has 2 rings (SSSR count). The Morgan fingerprint density at radius 1 is 1.16 bits per heavy atom. The summed E-state index contributed by atoms with van der Waals surface area (Å²) in [6, 6.07) is 0.420. The molecular formula is C15H29N3O. The number of likely N-dealkylation sites (tertiary alicyclic amines) is 2. The Kier molecular flexibility index (Phi) is 5.64. The lowest BCUT2D eigenvalue weighted by Crippen LogP contribution is -2.51.